The third-order valence-corrected chi connectivity index (χ3v) is 2.98. The van der Waals surface area contributed by atoms with Gasteiger partial charge in [0, 0.05) is 5.39 Å². The average Bonchev–Trinajstić information content (AvgIpc) is 2.74. The molecule has 2 aromatic rings. The highest BCUT2D eigenvalue weighted by Crippen LogP contribution is 2.13. The minimum Gasteiger partial charge on any atom is -0.393 e. The van der Waals surface area contributed by atoms with Gasteiger partial charge in [0.15, 0.2) is 0 Å². The van der Waals surface area contributed by atoms with E-state index in [-0.39, 0.29) is 6.10 Å². The number of hydrogen-bond donors (Lipinski definition) is 1. The van der Waals surface area contributed by atoms with Gasteiger partial charge in [0.2, 0.25) is 0 Å². The summed E-state index contributed by atoms with van der Waals surface area (Å²) in [5, 5.41) is 8.71. The summed E-state index contributed by atoms with van der Waals surface area (Å²) in [4.78, 5) is 7.53. The Balaban J connectivity index is 1.83. The maximum absolute atomic E-state index is 5.87. The molecule has 1 aliphatic heterocycles. The van der Waals surface area contributed by atoms with Gasteiger partial charge < -0.3 is 10.2 Å². The van der Waals surface area contributed by atoms with Crippen LogP contribution in [0.5, 0.6) is 0 Å². The second-order valence-electron chi connectivity index (χ2n) is 4.13. The minimum absolute atomic E-state index is 0.282. The molecule has 4 nitrogen and oxygen atoms in total. The third-order valence-electron chi connectivity index (χ3n) is 2.98. The molecule has 0 saturated carbocycles. The minimum atomic E-state index is 0.282. The molecular weight excluding hydrogens is 202 g/mol. The van der Waals surface area contributed by atoms with Crippen molar-refractivity contribution < 1.29 is 4.84 Å². The first-order chi connectivity index (χ1) is 7.93. The van der Waals surface area contributed by atoms with Crippen LogP contribution in [0.3, 0.4) is 0 Å². The van der Waals surface area contributed by atoms with Crippen molar-refractivity contribution in [1.82, 2.24) is 15.3 Å². The van der Waals surface area contributed by atoms with Crippen LogP contribution in [0.15, 0.2) is 30.5 Å². The van der Waals surface area contributed by atoms with Gasteiger partial charge in [-0.05, 0) is 32.0 Å². The lowest BCUT2D eigenvalue weighted by molar-refractivity contribution is 0.00636. The van der Waals surface area contributed by atoms with Crippen molar-refractivity contribution in [3.05, 3.63) is 30.5 Å². The van der Waals surface area contributed by atoms with Crippen molar-refractivity contribution in [1.29, 1.82) is 0 Å². The fourth-order valence-corrected chi connectivity index (χ4v) is 2.07. The molecule has 84 valence electrons. The Morgan fingerprint density at radius 2 is 2.06 bits per heavy atom. The molecule has 1 N–H and O–H groups in total. The van der Waals surface area contributed by atoms with Crippen molar-refractivity contribution >= 4 is 10.9 Å². The van der Waals surface area contributed by atoms with E-state index in [4.69, 9.17) is 4.84 Å². The predicted molar refractivity (Wildman–Crippen MR) is 62.2 cm³/mol. The zero-order valence-electron chi connectivity index (χ0n) is 9.10. The first-order valence-electron chi connectivity index (χ1n) is 5.74. The Labute approximate surface area is 94.2 Å². The molecule has 0 radical (unpaired) electrons. The summed E-state index contributed by atoms with van der Waals surface area (Å²) in [7, 11) is 0. The van der Waals surface area contributed by atoms with Crippen LogP contribution in [0.1, 0.15) is 12.8 Å². The lowest BCUT2D eigenvalue weighted by Crippen LogP contribution is -2.37. The first-order valence-corrected chi connectivity index (χ1v) is 5.74. The molecule has 1 aromatic carbocycles. The normalized spacial score (nSPS) is 17.8. The van der Waals surface area contributed by atoms with Crippen LogP contribution in [0, 0.1) is 0 Å². The predicted octanol–water partition coefficient (Wildman–Crippen LogP) is 1.22. The average molecular weight is 217 g/mol. The van der Waals surface area contributed by atoms with Crippen LogP contribution in [0.4, 0.5) is 0 Å². The largest absolute Gasteiger partial charge is 0.393 e. The van der Waals surface area contributed by atoms with Crippen LogP contribution in [-0.2, 0) is 0 Å². The van der Waals surface area contributed by atoms with E-state index in [1.165, 1.54) is 0 Å². The van der Waals surface area contributed by atoms with Gasteiger partial charge in [-0.1, -0.05) is 23.0 Å². The van der Waals surface area contributed by atoms with Gasteiger partial charge >= 0.3 is 0 Å². The van der Waals surface area contributed by atoms with Gasteiger partial charge in [-0.15, -0.1) is 5.10 Å². The van der Waals surface area contributed by atoms with E-state index in [1.807, 2.05) is 30.5 Å². The molecule has 0 atom stereocenters. The number of rotatable bonds is 2. The van der Waals surface area contributed by atoms with E-state index in [9.17, 15) is 0 Å². The molecule has 1 aromatic heterocycles. The third kappa shape index (κ3) is 1.76. The summed E-state index contributed by atoms with van der Waals surface area (Å²) in [6.07, 6.45) is 4.23. The molecule has 0 spiro atoms. The number of hydrogen-bond acceptors (Lipinski definition) is 3. The smallest absolute Gasteiger partial charge is 0.129 e. The van der Waals surface area contributed by atoms with Gasteiger partial charge in [-0.2, -0.15) is 0 Å². The van der Waals surface area contributed by atoms with Gasteiger partial charge in [0.1, 0.15) is 11.6 Å². The fourth-order valence-electron chi connectivity index (χ4n) is 2.07. The lowest BCUT2D eigenvalue weighted by atomic mass is 10.1. The topological polar surface area (TPSA) is 39.1 Å². The van der Waals surface area contributed by atoms with E-state index < -0.39 is 0 Å². The Hall–Kier alpha value is -1.55. The fraction of sp³-hybridized carbons (Fsp3) is 0.417. The highest BCUT2D eigenvalue weighted by atomic mass is 16.7. The standard InChI is InChI=1S/C12H15N3O/c1-2-4-12-10(3-1)9-14-15(12)16-11-5-7-13-8-6-11/h1-4,9,11,13H,5-8H2. The number of para-hydroxylation sites is 1. The van der Waals surface area contributed by atoms with Crippen molar-refractivity contribution in [3.8, 4) is 0 Å². The number of piperidine rings is 1. The quantitative estimate of drug-likeness (QED) is 0.822. The van der Waals surface area contributed by atoms with Gasteiger partial charge in [0.05, 0.1) is 6.20 Å². The van der Waals surface area contributed by atoms with Crippen molar-refractivity contribution in [2.75, 3.05) is 13.1 Å². The van der Waals surface area contributed by atoms with Crippen molar-refractivity contribution in [2.24, 2.45) is 0 Å². The highest BCUT2D eigenvalue weighted by molar-refractivity contribution is 5.77. The molecule has 1 fully saturated rings. The van der Waals surface area contributed by atoms with Crippen LogP contribution < -0.4 is 10.2 Å². The van der Waals surface area contributed by atoms with Crippen molar-refractivity contribution in [3.63, 3.8) is 0 Å². The number of nitrogens with zero attached hydrogens (tertiary/aromatic N) is 2. The molecular formula is C12H15N3O. The molecule has 0 bridgehead atoms. The molecule has 0 aliphatic carbocycles. The maximum atomic E-state index is 5.87. The van der Waals surface area contributed by atoms with E-state index in [0.717, 1.165) is 36.8 Å². The number of aromatic nitrogens is 2. The van der Waals surface area contributed by atoms with Crippen LogP contribution >= 0.6 is 0 Å². The zero-order chi connectivity index (χ0) is 10.8. The van der Waals surface area contributed by atoms with E-state index >= 15 is 0 Å². The molecule has 0 amide bonds. The zero-order valence-corrected chi connectivity index (χ0v) is 9.10. The summed E-state index contributed by atoms with van der Waals surface area (Å²) in [5.41, 5.74) is 1.04. The van der Waals surface area contributed by atoms with Crippen molar-refractivity contribution in [2.45, 2.75) is 18.9 Å². The highest BCUT2D eigenvalue weighted by Gasteiger charge is 2.15. The Kier molecular flexibility index (Phi) is 2.50. The summed E-state index contributed by atoms with van der Waals surface area (Å²) < 4.78 is 0. The summed E-state index contributed by atoms with van der Waals surface area (Å²) >= 11 is 0. The number of benzene rings is 1. The monoisotopic (exact) mass is 217 g/mol. The maximum Gasteiger partial charge on any atom is 0.129 e. The number of fused-ring (bicyclic) bond motifs is 1. The van der Waals surface area contributed by atoms with E-state index in [2.05, 4.69) is 10.4 Å². The van der Waals surface area contributed by atoms with Crippen LogP contribution in [-0.4, -0.2) is 29.1 Å². The van der Waals surface area contributed by atoms with Gasteiger partial charge in [0.25, 0.3) is 0 Å². The first kappa shape index (κ1) is 9.66. The molecule has 3 rings (SSSR count). The Bertz CT molecular complexity index is 474. The summed E-state index contributed by atoms with van der Waals surface area (Å²) in [6, 6.07) is 8.10. The molecule has 16 heavy (non-hydrogen) atoms. The second-order valence-corrected chi connectivity index (χ2v) is 4.13. The Morgan fingerprint density at radius 3 is 2.94 bits per heavy atom. The van der Waals surface area contributed by atoms with Gasteiger partial charge in [-0.3, -0.25) is 0 Å². The van der Waals surface area contributed by atoms with E-state index in [0.29, 0.717) is 0 Å². The van der Waals surface area contributed by atoms with Crippen LogP contribution in [0.25, 0.3) is 10.9 Å². The van der Waals surface area contributed by atoms with Crippen LogP contribution in [0.2, 0.25) is 0 Å². The molecule has 1 aliphatic rings. The molecule has 2 heterocycles. The van der Waals surface area contributed by atoms with E-state index in [1.54, 1.807) is 4.85 Å². The number of nitrogens with one attached hydrogen (secondary N) is 1. The molecule has 4 heteroatoms. The molecule has 0 unspecified atom stereocenters. The Morgan fingerprint density at radius 1 is 1.25 bits per heavy atom. The van der Waals surface area contributed by atoms with Gasteiger partial charge in [-0.25, -0.2) is 0 Å². The summed E-state index contributed by atoms with van der Waals surface area (Å²) in [5.74, 6) is 0. The summed E-state index contributed by atoms with van der Waals surface area (Å²) in [6.45, 7) is 2.06. The second kappa shape index (κ2) is 4.14. The SMILES string of the molecule is c1ccc2c(c1)cnn2OC1CCNCC1. The lowest BCUT2D eigenvalue weighted by Gasteiger charge is -2.23. The molecule has 1 saturated heterocycles.